The largest absolute Gasteiger partial charge is 0.376 e. The van der Waals surface area contributed by atoms with Crippen molar-refractivity contribution < 1.29 is 4.79 Å². The minimum atomic E-state index is 0.821. The zero-order chi connectivity index (χ0) is 12.7. The fourth-order valence-electron chi connectivity index (χ4n) is 1.35. The van der Waals surface area contributed by atoms with Gasteiger partial charge in [0.1, 0.15) is 0 Å². The summed E-state index contributed by atoms with van der Waals surface area (Å²) in [7, 11) is 5.69. The van der Waals surface area contributed by atoms with Crippen molar-refractivity contribution >= 4 is 17.8 Å². The molecule has 0 saturated carbocycles. The third-order valence-electron chi connectivity index (χ3n) is 2.15. The molecule has 0 atom stereocenters. The molecule has 0 heterocycles. The Balaban J connectivity index is 0.00000106. The maximum atomic E-state index is 10.7. The molecule has 0 aromatic heterocycles. The number of hydrogen-bond acceptors (Lipinski definition) is 2. The molecule has 0 bridgehead atoms. The molecule has 1 amide bonds. The van der Waals surface area contributed by atoms with Crippen LogP contribution < -0.4 is 9.80 Å². The summed E-state index contributed by atoms with van der Waals surface area (Å²) in [5, 5.41) is 0. The van der Waals surface area contributed by atoms with Crippen LogP contribution in [0.2, 0.25) is 0 Å². The Labute approximate surface area is 98.7 Å². The van der Waals surface area contributed by atoms with E-state index in [9.17, 15) is 4.79 Å². The predicted octanol–water partition coefficient (Wildman–Crippen LogP) is 2.68. The monoisotopic (exact) mass is 222 g/mol. The summed E-state index contributed by atoms with van der Waals surface area (Å²) in [6, 6.07) is 6.06. The third kappa shape index (κ3) is 3.57. The van der Waals surface area contributed by atoms with Crippen LogP contribution in [0, 0.1) is 6.92 Å². The molecule has 0 N–H and O–H groups in total. The minimum Gasteiger partial charge on any atom is -0.376 e. The van der Waals surface area contributed by atoms with E-state index < -0.39 is 0 Å². The molecule has 0 fully saturated rings. The van der Waals surface area contributed by atoms with Crippen LogP contribution in [0.15, 0.2) is 18.2 Å². The first-order valence-electron chi connectivity index (χ1n) is 5.52. The Hall–Kier alpha value is -1.51. The molecule has 0 radical (unpaired) electrons. The molecule has 0 saturated heterocycles. The average Bonchev–Trinajstić information content (AvgIpc) is 2.30. The van der Waals surface area contributed by atoms with Crippen LogP contribution in [0.3, 0.4) is 0 Å². The molecule has 0 spiro atoms. The lowest BCUT2D eigenvalue weighted by molar-refractivity contribution is -0.107. The molecule has 3 nitrogen and oxygen atoms in total. The van der Waals surface area contributed by atoms with Crippen molar-refractivity contribution in [1.82, 2.24) is 0 Å². The fourth-order valence-corrected chi connectivity index (χ4v) is 1.35. The summed E-state index contributed by atoms with van der Waals surface area (Å²) < 4.78 is 0. The average molecular weight is 222 g/mol. The Kier molecular flexibility index (Phi) is 6.23. The van der Waals surface area contributed by atoms with Gasteiger partial charge in [0, 0.05) is 21.1 Å². The van der Waals surface area contributed by atoms with Gasteiger partial charge in [-0.15, -0.1) is 0 Å². The van der Waals surface area contributed by atoms with Gasteiger partial charge < -0.3 is 9.80 Å². The second kappa shape index (κ2) is 6.88. The molecular weight excluding hydrogens is 200 g/mol. The summed E-state index contributed by atoms with van der Waals surface area (Å²) >= 11 is 0. The van der Waals surface area contributed by atoms with E-state index in [0.717, 1.165) is 23.3 Å². The van der Waals surface area contributed by atoms with Crippen molar-refractivity contribution in [3.63, 3.8) is 0 Å². The second-order valence-corrected chi connectivity index (χ2v) is 3.60. The topological polar surface area (TPSA) is 23.6 Å². The van der Waals surface area contributed by atoms with Gasteiger partial charge in [0.2, 0.25) is 6.41 Å². The maximum Gasteiger partial charge on any atom is 0.213 e. The summed E-state index contributed by atoms with van der Waals surface area (Å²) in [6.45, 7) is 6.02. The maximum absolute atomic E-state index is 10.7. The number of hydrogen-bond donors (Lipinski definition) is 0. The van der Waals surface area contributed by atoms with E-state index >= 15 is 0 Å². The number of anilines is 2. The van der Waals surface area contributed by atoms with Crippen molar-refractivity contribution in [2.75, 3.05) is 30.9 Å². The molecule has 1 aromatic carbocycles. The SMILES string of the molecule is CC.Cc1ccc(N(C)C)c(N(C)C=O)c1. The Morgan fingerprint density at radius 2 is 1.62 bits per heavy atom. The number of rotatable bonds is 3. The molecule has 16 heavy (non-hydrogen) atoms. The summed E-state index contributed by atoms with van der Waals surface area (Å²) in [6.07, 6.45) is 0.821. The zero-order valence-electron chi connectivity index (χ0n) is 11.1. The van der Waals surface area contributed by atoms with E-state index in [0.29, 0.717) is 0 Å². The summed E-state index contributed by atoms with van der Waals surface area (Å²) in [5.41, 5.74) is 3.13. The molecule has 1 aromatic rings. The first-order chi connectivity index (χ1) is 7.56. The van der Waals surface area contributed by atoms with E-state index in [1.165, 1.54) is 0 Å². The van der Waals surface area contributed by atoms with Crippen molar-refractivity contribution in [1.29, 1.82) is 0 Å². The van der Waals surface area contributed by atoms with Gasteiger partial charge in [0.25, 0.3) is 0 Å². The molecule has 0 unspecified atom stereocenters. The Bertz CT molecular complexity index is 335. The van der Waals surface area contributed by atoms with Gasteiger partial charge in [-0.3, -0.25) is 4.79 Å². The number of carbonyl (C=O) groups excluding carboxylic acids is 1. The normalized spacial score (nSPS) is 8.88. The quantitative estimate of drug-likeness (QED) is 0.734. The molecular formula is C13H22N2O. The zero-order valence-corrected chi connectivity index (χ0v) is 11.1. The molecule has 1 rings (SSSR count). The number of benzene rings is 1. The highest BCUT2D eigenvalue weighted by Crippen LogP contribution is 2.27. The molecule has 0 aliphatic carbocycles. The van der Waals surface area contributed by atoms with Crippen LogP contribution in [0.1, 0.15) is 19.4 Å². The van der Waals surface area contributed by atoms with E-state index in [4.69, 9.17) is 0 Å². The lowest BCUT2D eigenvalue weighted by atomic mass is 10.1. The van der Waals surface area contributed by atoms with Gasteiger partial charge in [0.15, 0.2) is 0 Å². The van der Waals surface area contributed by atoms with E-state index in [-0.39, 0.29) is 0 Å². The molecule has 0 aliphatic rings. The van der Waals surface area contributed by atoms with Crippen molar-refractivity contribution in [3.05, 3.63) is 23.8 Å². The van der Waals surface area contributed by atoms with Crippen LogP contribution in [0.25, 0.3) is 0 Å². The first-order valence-corrected chi connectivity index (χ1v) is 5.52. The molecule has 90 valence electrons. The van der Waals surface area contributed by atoms with Crippen LogP contribution in [-0.2, 0) is 4.79 Å². The van der Waals surface area contributed by atoms with Crippen LogP contribution in [-0.4, -0.2) is 27.6 Å². The number of carbonyl (C=O) groups is 1. The lowest BCUT2D eigenvalue weighted by Crippen LogP contribution is -2.19. The van der Waals surface area contributed by atoms with Gasteiger partial charge in [-0.2, -0.15) is 0 Å². The highest BCUT2D eigenvalue weighted by molar-refractivity contribution is 5.83. The Morgan fingerprint density at radius 1 is 1.06 bits per heavy atom. The van der Waals surface area contributed by atoms with Gasteiger partial charge in [0.05, 0.1) is 11.4 Å². The molecule has 3 heteroatoms. The van der Waals surface area contributed by atoms with Crippen molar-refractivity contribution in [3.8, 4) is 0 Å². The van der Waals surface area contributed by atoms with E-state index in [1.807, 2.05) is 58.0 Å². The summed E-state index contributed by atoms with van der Waals surface area (Å²) in [5.74, 6) is 0. The second-order valence-electron chi connectivity index (χ2n) is 3.60. The fraction of sp³-hybridized carbons (Fsp3) is 0.462. The number of nitrogens with zero attached hydrogens (tertiary/aromatic N) is 2. The first kappa shape index (κ1) is 14.5. The lowest BCUT2D eigenvalue weighted by Gasteiger charge is -2.21. The number of amides is 1. The highest BCUT2D eigenvalue weighted by atomic mass is 16.1. The van der Waals surface area contributed by atoms with Crippen molar-refractivity contribution in [2.24, 2.45) is 0 Å². The van der Waals surface area contributed by atoms with Gasteiger partial charge in [-0.1, -0.05) is 19.9 Å². The van der Waals surface area contributed by atoms with E-state index in [1.54, 1.807) is 11.9 Å². The number of aryl methyl sites for hydroxylation is 1. The minimum absolute atomic E-state index is 0.821. The highest BCUT2D eigenvalue weighted by Gasteiger charge is 2.08. The van der Waals surface area contributed by atoms with Crippen molar-refractivity contribution in [2.45, 2.75) is 20.8 Å². The van der Waals surface area contributed by atoms with Crippen LogP contribution in [0.5, 0.6) is 0 Å². The molecule has 0 aliphatic heterocycles. The standard InChI is InChI=1S/C11H16N2O.C2H6/c1-9-5-6-10(12(2)3)11(7-9)13(4)8-14;1-2/h5-8H,1-4H3;1-2H3. The van der Waals surface area contributed by atoms with Gasteiger partial charge in [-0.05, 0) is 24.6 Å². The van der Waals surface area contributed by atoms with E-state index in [2.05, 4.69) is 0 Å². The van der Waals surface area contributed by atoms with Gasteiger partial charge >= 0.3 is 0 Å². The smallest absolute Gasteiger partial charge is 0.213 e. The summed E-state index contributed by atoms with van der Waals surface area (Å²) in [4.78, 5) is 14.3. The van der Waals surface area contributed by atoms with Crippen LogP contribution >= 0.6 is 0 Å². The third-order valence-corrected chi connectivity index (χ3v) is 2.15. The van der Waals surface area contributed by atoms with Crippen LogP contribution in [0.4, 0.5) is 11.4 Å². The predicted molar refractivity (Wildman–Crippen MR) is 71.3 cm³/mol. The Morgan fingerprint density at radius 3 is 2.06 bits per heavy atom. The van der Waals surface area contributed by atoms with Gasteiger partial charge in [-0.25, -0.2) is 0 Å².